The van der Waals surface area contributed by atoms with Gasteiger partial charge >= 0.3 is 6.18 Å². The fourth-order valence-corrected chi connectivity index (χ4v) is 5.70. The van der Waals surface area contributed by atoms with Gasteiger partial charge in [0.2, 0.25) is 5.95 Å². The maximum Gasteiger partial charge on any atom is 0.416 e. The van der Waals surface area contributed by atoms with Crippen molar-refractivity contribution in [3.05, 3.63) is 83.3 Å². The number of amides is 1. The Balaban J connectivity index is 1.39. The van der Waals surface area contributed by atoms with Crippen molar-refractivity contribution in [3.63, 3.8) is 0 Å². The van der Waals surface area contributed by atoms with Crippen molar-refractivity contribution >= 4 is 28.4 Å². The van der Waals surface area contributed by atoms with E-state index >= 15 is 0 Å². The summed E-state index contributed by atoms with van der Waals surface area (Å²) in [6.07, 6.45) is 0.565. The lowest BCUT2D eigenvalue weighted by molar-refractivity contribution is -0.137. The summed E-state index contributed by atoms with van der Waals surface area (Å²) < 4.78 is 54.5. The largest absolute Gasteiger partial charge is 0.495 e. The lowest BCUT2D eigenvalue weighted by atomic mass is 9.92. The molecule has 1 saturated heterocycles. The van der Waals surface area contributed by atoms with Crippen molar-refractivity contribution < 1.29 is 27.4 Å². The van der Waals surface area contributed by atoms with Crippen LogP contribution in [0.5, 0.6) is 5.75 Å². The molecule has 3 N–H and O–H groups in total. The summed E-state index contributed by atoms with van der Waals surface area (Å²) in [5, 5.41) is 7.69. The molecule has 1 aliphatic heterocycles. The number of morpholine rings is 1. The molecular weight excluding hydrogens is 599 g/mol. The Morgan fingerprint density at radius 3 is 2.57 bits per heavy atom. The van der Waals surface area contributed by atoms with Gasteiger partial charge in [0.25, 0.3) is 5.91 Å². The summed E-state index contributed by atoms with van der Waals surface area (Å²) in [5.41, 5.74) is 10.0. The van der Waals surface area contributed by atoms with E-state index in [4.69, 9.17) is 15.2 Å². The Kier molecular flexibility index (Phi) is 8.36. The molecule has 0 unspecified atom stereocenters. The number of nitrogen functional groups attached to an aromatic ring is 1. The minimum Gasteiger partial charge on any atom is -0.495 e. The zero-order valence-corrected chi connectivity index (χ0v) is 25.5. The van der Waals surface area contributed by atoms with E-state index in [0.717, 1.165) is 23.3 Å². The van der Waals surface area contributed by atoms with Crippen LogP contribution < -0.4 is 15.8 Å². The number of ether oxygens (including phenoxy) is 2. The first kappa shape index (κ1) is 31.0. The van der Waals surface area contributed by atoms with Crippen LogP contribution in [0.1, 0.15) is 27.0 Å². The maximum atomic E-state index is 13.9. The summed E-state index contributed by atoms with van der Waals surface area (Å²) >= 11 is 0. The van der Waals surface area contributed by atoms with Crippen molar-refractivity contribution in [2.24, 2.45) is 7.05 Å². The zero-order chi connectivity index (χ0) is 32.6. The van der Waals surface area contributed by atoms with E-state index in [9.17, 15) is 18.0 Å². The van der Waals surface area contributed by atoms with Crippen molar-refractivity contribution in [1.29, 1.82) is 0 Å². The highest BCUT2D eigenvalue weighted by atomic mass is 19.4. The van der Waals surface area contributed by atoms with Crippen LogP contribution in [0.15, 0.2) is 61.1 Å². The number of nitrogens with one attached hydrogen (secondary N) is 1. The Bertz CT molecular complexity index is 1930. The van der Waals surface area contributed by atoms with Crippen molar-refractivity contribution in [1.82, 2.24) is 24.6 Å². The first-order valence-electron chi connectivity index (χ1n) is 14.6. The van der Waals surface area contributed by atoms with Crippen LogP contribution in [0.2, 0.25) is 0 Å². The molecule has 3 heterocycles. The monoisotopic (exact) mass is 631 g/mol. The highest BCUT2D eigenvalue weighted by molar-refractivity contribution is 6.07. The van der Waals surface area contributed by atoms with Gasteiger partial charge in [-0.3, -0.25) is 14.4 Å². The third kappa shape index (κ3) is 6.37. The Labute approximate surface area is 263 Å². The zero-order valence-electron chi connectivity index (χ0n) is 25.5. The van der Waals surface area contributed by atoms with Crippen LogP contribution in [0.3, 0.4) is 0 Å². The van der Waals surface area contributed by atoms with Gasteiger partial charge in [-0.1, -0.05) is 6.07 Å². The second-order valence-corrected chi connectivity index (χ2v) is 11.2. The van der Waals surface area contributed by atoms with E-state index in [-0.39, 0.29) is 17.2 Å². The highest BCUT2D eigenvalue weighted by Gasteiger charge is 2.32. The Hall–Kier alpha value is -5.01. The number of alkyl halides is 3. The van der Waals surface area contributed by atoms with Gasteiger partial charge in [0.05, 0.1) is 43.2 Å². The summed E-state index contributed by atoms with van der Waals surface area (Å²) in [6.45, 7) is 4.47. The quantitative estimate of drug-likeness (QED) is 0.235. The Morgan fingerprint density at radius 1 is 1.09 bits per heavy atom. The number of rotatable bonds is 7. The van der Waals surface area contributed by atoms with Gasteiger partial charge in [-0.2, -0.15) is 18.3 Å². The van der Waals surface area contributed by atoms with Gasteiger partial charge in [-0.05, 0) is 60.0 Å². The van der Waals surface area contributed by atoms with Gasteiger partial charge in [0.1, 0.15) is 5.75 Å². The van der Waals surface area contributed by atoms with E-state index in [1.165, 1.54) is 0 Å². The number of hydrogen-bond donors (Lipinski definition) is 2. The highest BCUT2D eigenvalue weighted by Crippen LogP contribution is 2.44. The molecule has 2 aromatic heterocycles. The molecule has 0 atom stereocenters. The molecule has 46 heavy (non-hydrogen) atoms. The number of benzene rings is 3. The molecule has 238 valence electrons. The third-order valence-corrected chi connectivity index (χ3v) is 7.92. The molecule has 0 saturated carbocycles. The van der Waals surface area contributed by atoms with E-state index in [1.54, 1.807) is 55.5 Å². The summed E-state index contributed by atoms with van der Waals surface area (Å²) in [7, 11) is 3.34. The number of aryl methyl sites for hydroxylation is 2. The average Bonchev–Trinajstić information content (AvgIpc) is 3.45. The van der Waals surface area contributed by atoms with Gasteiger partial charge in [0.15, 0.2) is 0 Å². The number of nitrogens with two attached hydrogens (primary N) is 1. The fraction of sp³-hybridized carbons (Fsp3) is 0.273. The predicted molar refractivity (Wildman–Crippen MR) is 168 cm³/mol. The number of nitrogens with zero attached hydrogens (tertiary/aromatic N) is 5. The SMILES string of the molecule is COc1c(-c2cc(C(=O)Nc3cc(CN4CCOCC4)cc(C(F)(F)F)c3)ccc2C)cc2cnc(N)nc2c1-c1cnn(C)c1. The second kappa shape index (κ2) is 12.4. The normalized spacial score (nSPS) is 14.0. The summed E-state index contributed by atoms with van der Waals surface area (Å²) in [4.78, 5) is 24.2. The van der Waals surface area contributed by atoms with Crippen LogP contribution in [0, 0.1) is 6.92 Å². The number of carbonyl (C=O) groups is 1. The van der Waals surface area contributed by atoms with E-state index in [1.807, 2.05) is 24.1 Å². The number of fused-ring (bicyclic) bond motifs is 1. The van der Waals surface area contributed by atoms with Gasteiger partial charge in [0, 0.05) is 66.8 Å². The molecule has 1 amide bonds. The number of halogens is 3. The average molecular weight is 632 g/mol. The minimum atomic E-state index is -4.58. The maximum absolute atomic E-state index is 13.9. The molecule has 0 aliphatic carbocycles. The lowest BCUT2D eigenvalue weighted by Crippen LogP contribution is -2.35. The van der Waals surface area contributed by atoms with E-state index in [0.29, 0.717) is 71.8 Å². The molecular formula is C33H32F3N7O3. The smallest absolute Gasteiger partial charge is 0.416 e. The van der Waals surface area contributed by atoms with Crippen LogP contribution >= 0.6 is 0 Å². The first-order chi connectivity index (χ1) is 22.0. The molecule has 3 aromatic carbocycles. The molecule has 1 aliphatic rings. The predicted octanol–water partition coefficient (Wildman–Crippen LogP) is 5.70. The van der Waals surface area contributed by atoms with Crippen molar-refractivity contribution in [2.75, 3.05) is 44.5 Å². The molecule has 0 radical (unpaired) electrons. The molecule has 13 heteroatoms. The number of aromatic nitrogens is 4. The van der Waals surface area contributed by atoms with E-state index in [2.05, 4.69) is 20.4 Å². The minimum absolute atomic E-state index is 0.0575. The molecule has 1 fully saturated rings. The summed E-state index contributed by atoms with van der Waals surface area (Å²) in [5.74, 6) is 0.0381. The van der Waals surface area contributed by atoms with Crippen molar-refractivity contribution in [3.8, 4) is 28.0 Å². The Morgan fingerprint density at radius 2 is 1.87 bits per heavy atom. The first-order valence-corrected chi connectivity index (χ1v) is 14.6. The van der Waals surface area contributed by atoms with Crippen LogP contribution in [-0.4, -0.2) is 64.0 Å². The van der Waals surface area contributed by atoms with Crippen LogP contribution in [0.25, 0.3) is 33.2 Å². The van der Waals surface area contributed by atoms with Gasteiger partial charge in [-0.25, -0.2) is 9.97 Å². The summed E-state index contributed by atoms with van der Waals surface area (Å²) in [6, 6.07) is 10.6. The third-order valence-electron chi connectivity index (χ3n) is 7.92. The molecule has 0 bridgehead atoms. The van der Waals surface area contributed by atoms with Gasteiger partial charge in [-0.15, -0.1) is 0 Å². The van der Waals surface area contributed by atoms with Crippen molar-refractivity contribution in [2.45, 2.75) is 19.6 Å². The van der Waals surface area contributed by atoms with Crippen LogP contribution in [-0.2, 0) is 24.5 Å². The topological polar surface area (TPSA) is 120 Å². The number of hydrogen-bond acceptors (Lipinski definition) is 8. The molecule has 0 spiro atoms. The number of methoxy groups -OCH3 is 1. The number of anilines is 2. The van der Waals surface area contributed by atoms with Crippen LogP contribution in [0.4, 0.5) is 24.8 Å². The second-order valence-electron chi connectivity index (χ2n) is 11.2. The molecule has 5 aromatic rings. The van der Waals surface area contributed by atoms with Gasteiger partial charge < -0.3 is 20.5 Å². The fourth-order valence-electron chi connectivity index (χ4n) is 5.70. The molecule has 6 rings (SSSR count). The molecule has 10 nitrogen and oxygen atoms in total. The lowest BCUT2D eigenvalue weighted by Gasteiger charge is -2.27. The number of carbonyl (C=O) groups excluding carboxylic acids is 1. The van der Waals surface area contributed by atoms with E-state index < -0.39 is 17.6 Å². The standard InChI is InChI=1S/C33H32F3N7O3/c1-19-4-5-21(31(44)40-25-11-20(10-24(14-25)33(34,35)36)17-43-6-8-46-9-7-43)12-26(19)27-13-22-15-38-32(37)41-29(22)28(30(27)45-3)23-16-39-42(2)18-23/h4-5,10-16,18H,6-9,17H2,1-3H3,(H,40,44)(H2,37,38,41).